The molecule has 64 heavy (non-hydrogen) atoms. The van der Waals surface area contributed by atoms with E-state index < -0.39 is 8.07 Å². The van der Waals surface area contributed by atoms with E-state index in [1.54, 1.807) is 7.11 Å². The number of ether oxygens (including phenoxy) is 1. The first-order chi connectivity index (χ1) is 30.0. The summed E-state index contributed by atoms with van der Waals surface area (Å²) in [6, 6.07) is 40.1. The van der Waals surface area contributed by atoms with E-state index in [1.165, 1.54) is 16.3 Å². The molecule has 325 valence electrons. The molecule has 0 saturated heterocycles. The summed E-state index contributed by atoms with van der Waals surface area (Å²) in [6.45, 7) is 28.0. The Balaban J connectivity index is 0.000000219. The summed E-state index contributed by atoms with van der Waals surface area (Å²) in [5.74, 6) is 0.818. The maximum atomic E-state index is 6.84. The number of aromatic nitrogens is 3. The van der Waals surface area contributed by atoms with E-state index in [4.69, 9.17) is 9.15 Å². The molecule has 5 nitrogen and oxygen atoms in total. The summed E-state index contributed by atoms with van der Waals surface area (Å²) in [6.07, 6.45) is 4.22. The summed E-state index contributed by atoms with van der Waals surface area (Å²) in [4.78, 5) is 4.55. The third-order valence-electron chi connectivity index (χ3n) is 11.8. The first kappa shape index (κ1) is 45.5. The Morgan fingerprint density at radius 1 is 0.672 bits per heavy atom. The molecule has 0 unspecified atom stereocenters. The Morgan fingerprint density at radius 2 is 1.34 bits per heavy atom. The van der Waals surface area contributed by atoms with Gasteiger partial charge in [-0.15, -0.1) is 5.56 Å². The van der Waals surface area contributed by atoms with Crippen molar-refractivity contribution in [2.75, 3.05) is 7.11 Å². The second-order valence-corrected chi connectivity index (χ2v) is 22.7. The largest absolute Gasteiger partial charge is 0.499 e. The molecular weight excluding hydrogens is 979 g/mol. The van der Waals surface area contributed by atoms with Crippen LogP contribution in [0.3, 0.4) is 0 Å². The van der Waals surface area contributed by atoms with Gasteiger partial charge in [0, 0.05) is 61.9 Å². The Bertz CT molecular complexity index is 3250. The molecule has 0 saturated carbocycles. The molecule has 0 aliphatic rings. The zero-order valence-electron chi connectivity index (χ0n) is 38.2. The molecule has 0 aliphatic heterocycles. The normalized spacial score (nSPS) is 11.3. The molecule has 4 aromatic heterocycles. The van der Waals surface area contributed by atoms with Gasteiger partial charge < -0.3 is 18.3 Å². The van der Waals surface area contributed by atoms with Crippen LogP contribution in [-0.2, 0) is 20.1 Å². The van der Waals surface area contributed by atoms with Gasteiger partial charge in [0.2, 0.25) is 0 Å². The van der Waals surface area contributed by atoms with E-state index in [0.717, 1.165) is 111 Å². The van der Waals surface area contributed by atoms with Gasteiger partial charge in [0.15, 0.2) is 0 Å². The topological polar surface area (TPSA) is 43.0 Å². The van der Waals surface area contributed by atoms with Gasteiger partial charge in [-0.2, -0.15) is 37.1 Å². The Labute approximate surface area is 393 Å². The number of pyridine rings is 3. The van der Waals surface area contributed by atoms with Crippen LogP contribution >= 0.6 is 0 Å². The van der Waals surface area contributed by atoms with E-state index in [-0.39, 0.29) is 20.1 Å². The van der Waals surface area contributed by atoms with Crippen LogP contribution in [0.2, 0.25) is 19.6 Å². The van der Waals surface area contributed by atoms with Crippen LogP contribution in [0.15, 0.2) is 139 Å². The summed E-state index contributed by atoms with van der Waals surface area (Å²) in [5.41, 5.74) is 17.6. The molecule has 0 amide bonds. The minimum absolute atomic E-state index is 0. The van der Waals surface area contributed by atoms with Crippen molar-refractivity contribution < 1.29 is 38.4 Å². The van der Waals surface area contributed by atoms with Gasteiger partial charge in [-0.1, -0.05) is 135 Å². The molecule has 0 bridgehead atoms. The maximum Gasteiger partial charge on any atom is 0.141 e. The monoisotopic (exact) mass is 1030 g/mol. The second-order valence-electron chi connectivity index (χ2n) is 17.7. The predicted octanol–water partition coefficient (Wildman–Crippen LogP) is 13.2. The third-order valence-corrected chi connectivity index (χ3v) is 13.8. The zero-order chi connectivity index (χ0) is 44.9. The van der Waals surface area contributed by atoms with E-state index in [0.29, 0.717) is 0 Å². The van der Waals surface area contributed by atoms with Crippen LogP contribution in [0.1, 0.15) is 40.6 Å². The molecule has 0 atom stereocenters. The van der Waals surface area contributed by atoms with Gasteiger partial charge in [0.05, 0.1) is 50.3 Å². The number of hydrogen-bond donors (Lipinski definition) is 0. The predicted molar refractivity (Wildman–Crippen MR) is 266 cm³/mol. The number of fused-ring (bicyclic) bond motifs is 4. The molecule has 0 aliphatic carbocycles. The maximum absolute atomic E-state index is 6.84. The van der Waals surface area contributed by atoms with E-state index in [2.05, 4.69) is 176 Å². The van der Waals surface area contributed by atoms with Crippen molar-refractivity contribution in [2.24, 2.45) is 0 Å². The fourth-order valence-electron chi connectivity index (χ4n) is 8.75. The van der Waals surface area contributed by atoms with Crippen molar-refractivity contribution in [2.45, 2.75) is 47.3 Å². The fraction of sp³-hybridized carbons (Fsp3) is 0.140. The van der Waals surface area contributed by atoms with Crippen LogP contribution in [-0.4, -0.2) is 20.2 Å². The smallest absolute Gasteiger partial charge is 0.141 e. The van der Waals surface area contributed by atoms with Crippen molar-refractivity contribution in [3.05, 3.63) is 196 Å². The molecule has 7 heteroatoms. The average molecular weight is 1030 g/mol. The standard InChI is InChI=1S/C37H29N2O.C20H26NOSi.Ir/c1-22-16-23(2)35(33-20-27-10-6-7-11-29(27)21-39(33)5)37-34(22)32-15-9-14-31(36(32)40-37)28-13-8-12-26(19-28)30-17-24(3)38-25(4)18-30;1-14(2)17-12-19(21(4)13-20(17)23(6,7)8)18-11-16(22-5)10-9-15(18)3;/h6-21H,2,5H2,1,3-4H3;9-13H,1,3-4H2,2,5-8H3;/q2*-1;. The van der Waals surface area contributed by atoms with Gasteiger partial charge in [-0.3, -0.25) is 4.98 Å². The third kappa shape index (κ3) is 8.72. The number of allylic oxidation sites excluding steroid dienone is 1. The van der Waals surface area contributed by atoms with Crippen LogP contribution in [0.5, 0.6) is 5.75 Å². The second kappa shape index (κ2) is 17.9. The molecule has 9 rings (SSSR count). The van der Waals surface area contributed by atoms with Crippen molar-refractivity contribution >= 4 is 51.5 Å². The number of methoxy groups -OCH3 is 1. The van der Waals surface area contributed by atoms with Crippen LogP contribution < -0.4 is 19.1 Å². The number of nitrogens with zero attached hydrogens (tertiary/aromatic N) is 3. The Kier molecular flexibility index (Phi) is 12.8. The molecule has 0 spiro atoms. The number of para-hydroxylation sites is 1. The van der Waals surface area contributed by atoms with Gasteiger partial charge >= 0.3 is 0 Å². The van der Waals surface area contributed by atoms with Crippen molar-refractivity contribution in [3.8, 4) is 50.5 Å². The van der Waals surface area contributed by atoms with Crippen molar-refractivity contribution in [3.63, 3.8) is 0 Å². The van der Waals surface area contributed by atoms with Gasteiger partial charge in [-0.05, 0) is 77.2 Å². The number of furan rings is 1. The Hall–Kier alpha value is -6.50. The summed E-state index contributed by atoms with van der Waals surface area (Å²) < 4.78 is 16.1. The van der Waals surface area contributed by atoms with E-state index in [1.807, 2.05) is 47.2 Å². The van der Waals surface area contributed by atoms with Crippen LogP contribution in [0, 0.1) is 48.7 Å². The molecule has 1 radical (unpaired) electrons. The minimum Gasteiger partial charge on any atom is -0.499 e. The molecule has 5 aromatic carbocycles. The number of aryl methyl sites for hydroxylation is 3. The van der Waals surface area contributed by atoms with E-state index >= 15 is 0 Å². The van der Waals surface area contributed by atoms with Gasteiger partial charge in [-0.25, -0.2) is 0 Å². The summed E-state index contributed by atoms with van der Waals surface area (Å²) in [5, 5.41) is 5.88. The fourth-order valence-corrected chi connectivity index (χ4v) is 10.4. The van der Waals surface area contributed by atoms with Crippen molar-refractivity contribution in [1.29, 1.82) is 0 Å². The van der Waals surface area contributed by atoms with Crippen LogP contribution in [0.25, 0.3) is 83.1 Å². The van der Waals surface area contributed by atoms with Gasteiger partial charge in [0.1, 0.15) is 5.58 Å². The number of benzene rings is 5. The average Bonchev–Trinajstić information content (AvgIpc) is 3.64. The number of hydrogen-bond acceptors (Lipinski definition) is 3. The van der Waals surface area contributed by atoms with Crippen LogP contribution in [0.4, 0.5) is 0 Å². The minimum atomic E-state index is -1.49. The van der Waals surface area contributed by atoms with Gasteiger partial charge in [0.25, 0.3) is 0 Å². The molecular formula is C57H55IrN3O2Si-2. The first-order valence-corrected chi connectivity index (χ1v) is 24.7. The SMILES string of the molecule is C=C(C)c1cc(-c2cc(OC)ccc2[CH2-])[n+]([CH2-])cc1[Si](C)(C)C.[CH2-]c1cc(C)c2c(oc3c(-c4cccc(-c5cc(C)nc(C)c5)c4)cccc32)c1-c1cc2ccccc2c[n+]1[CH2-].[Ir]. The summed E-state index contributed by atoms with van der Waals surface area (Å²) in [7, 11) is 8.72. The van der Waals surface area contributed by atoms with Crippen molar-refractivity contribution in [1.82, 2.24) is 4.98 Å². The Morgan fingerprint density at radius 3 is 2.03 bits per heavy atom. The molecule has 4 heterocycles. The molecule has 9 aromatic rings. The molecule has 0 N–H and O–H groups in total. The zero-order valence-corrected chi connectivity index (χ0v) is 41.5. The summed E-state index contributed by atoms with van der Waals surface area (Å²) >= 11 is 0. The first-order valence-electron chi connectivity index (χ1n) is 21.2. The number of rotatable bonds is 7. The van der Waals surface area contributed by atoms with E-state index in [9.17, 15) is 0 Å². The quantitative estimate of drug-likeness (QED) is 0.0908. The molecule has 0 fully saturated rings.